The molecule has 2 N–H and O–H groups in total. The van der Waals surface area contributed by atoms with Gasteiger partial charge in [0, 0.05) is 24.0 Å². The largest absolute Gasteiger partial charge is 0.351 e. The van der Waals surface area contributed by atoms with Gasteiger partial charge in [-0.3, -0.25) is 0 Å². The minimum Gasteiger partial charge on any atom is -0.351 e. The summed E-state index contributed by atoms with van der Waals surface area (Å²) in [6, 6.07) is 7.17. The lowest BCUT2D eigenvalue weighted by atomic mass is 10.3. The van der Waals surface area contributed by atoms with Crippen molar-refractivity contribution in [1.29, 1.82) is 0 Å². The van der Waals surface area contributed by atoms with Crippen LogP contribution in [0.3, 0.4) is 0 Å². The predicted octanol–water partition coefficient (Wildman–Crippen LogP) is 4.43. The van der Waals surface area contributed by atoms with Crippen LogP contribution in [0.1, 0.15) is 5.69 Å². The first-order valence-corrected chi connectivity index (χ1v) is 6.76. The third kappa shape index (κ3) is 3.85. The molecule has 0 amide bonds. The molecule has 0 fully saturated rings. The summed E-state index contributed by atoms with van der Waals surface area (Å²) in [4.78, 5) is 8.65. The minimum absolute atomic E-state index is 0.493. The van der Waals surface area contributed by atoms with E-state index in [1.54, 1.807) is 18.2 Å². The number of anilines is 3. The van der Waals surface area contributed by atoms with Gasteiger partial charge in [0.2, 0.25) is 5.95 Å². The Morgan fingerprint density at radius 3 is 2.70 bits per heavy atom. The molecule has 0 saturated carbocycles. The molecular weight excluding hydrogens is 295 g/mol. The molecule has 0 atom stereocenters. The summed E-state index contributed by atoms with van der Waals surface area (Å²) in [6.07, 6.45) is 1.75. The summed E-state index contributed by atoms with van der Waals surface area (Å²) in [5.41, 5.74) is 1.67. The first-order valence-electron chi connectivity index (χ1n) is 6.01. The molecule has 1 aromatic heterocycles. The van der Waals surface area contributed by atoms with Crippen LogP contribution < -0.4 is 10.6 Å². The third-order valence-corrected chi connectivity index (χ3v) is 3.19. The Kier molecular flexibility index (Phi) is 4.82. The van der Waals surface area contributed by atoms with Crippen molar-refractivity contribution in [3.05, 3.63) is 52.7 Å². The summed E-state index contributed by atoms with van der Waals surface area (Å²) in [7, 11) is 0. The van der Waals surface area contributed by atoms with E-state index in [1.807, 2.05) is 19.1 Å². The van der Waals surface area contributed by atoms with Crippen LogP contribution in [-0.2, 0) is 0 Å². The smallest absolute Gasteiger partial charge is 0.225 e. The highest BCUT2D eigenvalue weighted by atomic mass is 35.5. The highest BCUT2D eigenvalue weighted by Gasteiger charge is 2.04. The molecule has 0 aliphatic carbocycles. The Labute approximate surface area is 127 Å². The van der Waals surface area contributed by atoms with Crippen molar-refractivity contribution in [3.8, 4) is 0 Å². The van der Waals surface area contributed by atoms with Crippen molar-refractivity contribution in [3.63, 3.8) is 0 Å². The number of hydrogen-bond acceptors (Lipinski definition) is 4. The van der Waals surface area contributed by atoms with Crippen LogP contribution >= 0.6 is 23.2 Å². The minimum atomic E-state index is 0.493. The molecule has 0 bridgehead atoms. The fraction of sp³-hybridized carbons (Fsp3) is 0.143. The highest BCUT2D eigenvalue weighted by molar-refractivity contribution is 6.42. The number of nitrogens with one attached hydrogen (secondary N) is 2. The Hall–Kier alpha value is -1.78. The van der Waals surface area contributed by atoms with Crippen molar-refractivity contribution in [2.45, 2.75) is 6.92 Å². The maximum Gasteiger partial charge on any atom is 0.225 e. The van der Waals surface area contributed by atoms with Crippen molar-refractivity contribution >= 4 is 40.7 Å². The van der Waals surface area contributed by atoms with E-state index in [0.717, 1.165) is 11.4 Å². The van der Waals surface area contributed by atoms with Crippen molar-refractivity contribution < 1.29 is 0 Å². The van der Waals surface area contributed by atoms with Gasteiger partial charge in [-0.25, -0.2) is 4.98 Å². The lowest BCUT2D eigenvalue weighted by Crippen LogP contribution is -2.05. The van der Waals surface area contributed by atoms with Crippen LogP contribution in [0.5, 0.6) is 0 Å². The fourth-order valence-electron chi connectivity index (χ4n) is 1.60. The van der Waals surface area contributed by atoms with E-state index in [9.17, 15) is 0 Å². The van der Waals surface area contributed by atoms with Crippen molar-refractivity contribution in [1.82, 2.24) is 9.97 Å². The molecule has 2 rings (SSSR count). The van der Waals surface area contributed by atoms with E-state index in [0.29, 0.717) is 28.4 Å². The second kappa shape index (κ2) is 6.59. The van der Waals surface area contributed by atoms with E-state index in [-0.39, 0.29) is 0 Å². The molecule has 0 saturated heterocycles. The summed E-state index contributed by atoms with van der Waals surface area (Å²) >= 11 is 11.9. The van der Waals surface area contributed by atoms with Crippen LogP contribution in [0, 0.1) is 6.92 Å². The Morgan fingerprint density at radius 2 is 2.00 bits per heavy atom. The number of hydrogen-bond donors (Lipinski definition) is 2. The van der Waals surface area contributed by atoms with Crippen LogP contribution in [0.25, 0.3) is 0 Å². The second-order valence-corrected chi connectivity index (χ2v) is 4.96. The predicted molar refractivity (Wildman–Crippen MR) is 85.2 cm³/mol. The van der Waals surface area contributed by atoms with Crippen LogP contribution in [-0.4, -0.2) is 16.5 Å². The summed E-state index contributed by atoms with van der Waals surface area (Å²) in [5.74, 6) is 1.23. The standard InChI is InChI=1S/C14H14Cl2N4/c1-3-6-17-14-18-9(2)7-13(20-14)19-10-4-5-11(15)12(16)8-10/h3-5,7-8H,1,6H2,2H3,(H2,17,18,19,20). The van der Waals surface area contributed by atoms with Gasteiger partial charge in [-0.2, -0.15) is 4.98 Å². The molecule has 2 aromatic rings. The van der Waals surface area contributed by atoms with Gasteiger partial charge in [-0.05, 0) is 25.1 Å². The van der Waals surface area contributed by atoms with Gasteiger partial charge in [0.25, 0.3) is 0 Å². The number of aromatic nitrogens is 2. The summed E-state index contributed by atoms with van der Waals surface area (Å²) in [6.45, 7) is 6.16. The number of halogens is 2. The maximum absolute atomic E-state index is 5.98. The van der Waals surface area contributed by atoms with Gasteiger partial charge >= 0.3 is 0 Å². The van der Waals surface area contributed by atoms with E-state index in [1.165, 1.54) is 0 Å². The molecule has 6 heteroatoms. The van der Waals surface area contributed by atoms with Crippen LogP contribution in [0.15, 0.2) is 36.9 Å². The van der Waals surface area contributed by atoms with Gasteiger partial charge in [0.1, 0.15) is 5.82 Å². The maximum atomic E-state index is 5.98. The van der Waals surface area contributed by atoms with Gasteiger partial charge in [-0.1, -0.05) is 29.3 Å². The summed E-state index contributed by atoms with van der Waals surface area (Å²) < 4.78 is 0. The first kappa shape index (κ1) is 14.6. The van der Waals surface area contributed by atoms with E-state index in [2.05, 4.69) is 27.2 Å². The average Bonchev–Trinajstić information content (AvgIpc) is 2.40. The lowest BCUT2D eigenvalue weighted by Gasteiger charge is -2.09. The molecule has 0 aliphatic heterocycles. The number of rotatable bonds is 5. The molecule has 0 spiro atoms. The highest BCUT2D eigenvalue weighted by Crippen LogP contribution is 2.26. The molecular formula is C14H14Cl2N4. The molecule has 0 unspecified atom stereocenters. The molecule has 4 nitrogen and oxygen atoms in total. The van der Waals surface area contributed by atoms with Gasteiger partial charge in [-0.15, -0.1) is 6.58 Å². The zero-order chi connectivity index (χ0) is 14.5. The van der Waals surface area contributed by atoms with E-state index < -0.39 is 0 Å². The van der Waals surface area contributed by atoms with E-state index >= 15 is 0 Å². The van der Waals surface area contributed by atoms with Crippen molar-refractivity contribution in [2.24, 2.45) is 0 Å². The summed E-state index contributed by atoms with van der Waals surface area (Å²) in [5, 5.41) is 7.23. The number of benzene rings is 1. The normalized spacial score (nSPS) is 10.2. The zero-order valence-electron chi connectivity index (χ0n) is 11.0. The average molecular weight is 309 g/mol. The zero-order valence-corrected chi connectivity index (χ0v) is 12.5. The monoisotopic (exact) mass is 308 g/mol. The fourth-order valence-corrected chi connectivity index (χ4v) is 1.89. The molecule has 20 heavy (non-hydrogen) atoms. The molecule has 0 radical (unpaired) electrons. The van der Waals surface area contributed by atoms with Crippen LogP contribution in [0.4, 0.5) is 17.5 Å². The van der Waals surface area contributed by atoms with Crippen LogP contribution in [0.2, 0.25) is 10.0 Å². The molecule has 1 heterocycles. The van der Waals surface area contributed by atoms with Crippen molar-refractivity contribution in [2.75, 3.05) is 17.2 Å². The molecule has 1 aromatic carbocycles. The first-order chi connectivity index (χ1) is 9.58. The Morgan fingerprint density at radius 1 is 1.20 bits per heavy atom. The molecule has 0 aliphatic rings. The third-order valence-electron chi connectivity index (χ3n) is 2.45. The Balaban J connectivity index is 2.21. The van der Waals surface area contributed by atoms with Gasteiger partial charge in [0.05, 0.1) is 10.0 Å². The topological polar surface area (TPSA) is 49.8 Å². The number of nitrogens with zero attached hydrogens (tertiary/aromatic N) is 2. The van der Waals surface area contributed by atoms with Gasteiger partial charge in [0.15, 0.2) is 0 Å². The lowest BCUT2D eigenvalue weighted by molar-refractivity contribution is 1.08. The number of aryl methyl sites for hydroxylation is 1. The Bertz CT molecular complexity index is 629. The van der Waals surface area contributed by atoms with E-state index in [4.69, 9.17) is 23.2 Å². The second-order valence-electron chi connectivity index (χ2n) is 4.14. The SMILES string of the molecule is C=CCNc1nc(C)cc(Nc2ccc(Cl)c(Cl)c2)n1. The van der Waals surface area contributed by atoms with Gasteiger partial charge < -0.3 is 10.6 Å². The molecule has 104 valence electrons. The quantitative estimate of drug-likeness (QED) is 0.802.